The lowest BCUT2D eigenvalue weighted by molar-refractivity contribution is 0.529. The molecule has 3 nitrogen and oxygen atoms in total. The first-order chi connectivity index (χ1) is 5.54. The van der Waals surface area contributed by atoms with Crippen LogP contribution in [0.25, 0.3) is 0 Å². The maximum Gasteiger partial charge on any atom is 0.0954 e. The minimum Gasteiger partial charge on any atom is -0.386 e. The van der Waals surface area contributed by atoms with Crippen LogP contribution >= 0.6 is 0 Å². The van der Waals surface area contributed by atoms with Crippen molar-refractivity contribution in [2.24, 2.45) is 5.73 Å². The molecule has 0 radical (unpaired) electrons. The van der Waals surface area contributed by atoms with E-state index in [2.05, 4.69) is 13.2 Å². The Kier molecular flexibility index (Phi) is 3.83. The second-order valence-corrected chi connectivity index (χ2v) is 2.47. The fourth-order valence-corrected chi connectivity index (χ4v) is 0.791. The van der Waals surface area contributed by atoms with Crippen molar-refractivity contribution in [1.82, 2.24) is 4.90 Å². The maximum atomic E-state index is 7.05. The van der Waals surface area contributed by atoms with E-state index in [-0.39, 0.29) is 0 Å². The normalized spacial score (nSPS) is 11.5. The Morgan fingerprint density at radius 2 is 2.08 bits per heavy atom. The van der Waals surface area contributed by atoms with Gasteiger partial charge in [-0.15, -0.1) is 0 Å². The summed E-state index contributed by atoms with van der Waals surface area (Å²) < 4.78 is 0. The van der Waals surface area contributed by atoms with E-state index in [1.54, 1.807) is 18.0 Å². The highest BCUT2D eigenvalue weighted by Gasteiger charge is 2.03. The van der Waals surface area contributed by atoms with Crippen molar-refractivity contribution in [1.29, 1.82) is 5.41 Å². The lowest BCUT2D eigenvalue weighted by Crippen LogP contribution is -2.22. The topological polar surface area (TPSA) is 53.1 Å². The van der Waals surface area contributed by atoms with Crippen LogP contribution in [0.2, 0.25) is 0 Å². The second kappa shape index (κ2) is 4.38. The van der Waals surface area contributed by atoms with Gasteiger partial charge in [0.05, 0.1) is 5.82 Å². The first-order valence-electron chi connectivity index (χ1n) is 3.56. The number of allylic oxidation sites excluding steroid dienone is 2. The molecule has 0 aromatic heterocycles. The molecule has 0 aliphatic rings. The molecule has 0 saturated heterocycles. The molecule has 3 N–H and O–H groups in total. The predicted octanol–water partition coefficient (Wildman–Crippen LogP) is 1.46. The molecule has 0 saturated carbocycles. The van der Waals surface area contributed by atoms with Gasteiger partial charge in [-0.3, -0.25) is 0 Å². The van der Waals surface area contributed by atoms with E-state index in [0.29, 0.717) is 5.82 Å². The van der Waals surface area contributed by atoms with Crippen molar-refractivity contribution < 1.29 is 0 Å². The average molecular weight is 165 g/mol. The van der Waals surface area contributed by atoms with Crippen molar-refractivity contribution in [3.05, 3.63) is 36.3 Å². The molecule has 0 rings (SSSR count). The van der Waals surface area contributed by atoms with Crippen LogP contribution in [0.1, 0.15) is 6.92 Å². The second-order valence-electron chi connectivity index (χ2n) is 2.47. The number of nitrogens with one attached hydrogen (secondary N) is 1. The molecule has 0 aliphatic heterocycles. The fourth-order valence-electron chi connectivity index (χ4n) is 0.791. The molecule has 0 bridgehead atoms. The molecule has 0 heterocycles. The quantitative estimate of drug-likeness (QED) is 0.489. The van der Waals surface area contributed by atoms with E-state index < -0.39 is 0 Å². The Balaban J connectivity index is 4.90. The molecule has 0 spiro atoms. The minimum absolute atomic E-state index is 0.436. The van der Waals surface area contributed by atoms with Gasteiger partial charge in [-0.25, -0.2) is 0 Å². The molecule has 0 aliphatic carbocycles. The van der Waals surface area contributed by atoms with Crippen LogP contribution in [0.5, 0.6) is 0 Å². The van der Waals surface area contributed by atoms with Crippen LogP contribution in [0.15, 0.2) is 36.3 Å². The van der Waals surface area contributed by atoms with Crippen molar-refractivity contribution in [2.45, 2.75) is 6.92 Å². The molecule has 12 heavy (non-hydrogen) atoms. The lowest BCUT2D eigenvalue weighted by atomic mass is 10.2. The fraction of sp³-hybridized carbons (Fsp3) is 0.222. The van der Waals surface area contributed by atoms with E-state index in [9.17, 15) is 0 Å². The molecule has 0 unspecified atom stereocenters. The maximum absolute atomic E-state index is 7.05. The van der Waals surface area contributed by atoms with Crippen molar-refractivity contribution >= 4 is 6.21 Å². The Bertz CT molecular complexity index is 238. The number of hydrogen-bond donors (Lipinski definition) is 2. The number of hydrogen-bond acceptors (Lipinski definition) is 3. The van der Waals surface area contributed by atoms with Crippen molar-refractivity contribution in [3.63, 3.8) is 0 Å². The summed E-state index contributed by atoms with van der Waals surface area (Å²) in [4.78, 5) is 1.69. The summed E-state index contributed by atoms with van der Waals surface area (Å²) in [6, 6.07) is 0. The first kappa shape index (κ1) is 10.5. The van der Waals surface area contributed by atoms with E-state index >= 15 is 0 Å². The zero-order valence-corrected chi connectivity index (χ0v) is 7.59. The van der Waals surface area contributed by atoms with Crippen LogP contribution in [0.4, 0.5) is 0 Å². The minimum atomic E-state index is 0.436. The number of nitrogens with zero attached hydrogens (tertiary/aromatic N) is 1. The third-order valence-corrected chi connectivity index (χ3v) is 1.61. The SMILES string of the molecule is C=C/C(=C(/C)C=N)N(C)C(=C)N. The number of rotatable bonds is 4. The van der Waals surface area contributed by atoms with Crippen LogP contribution < -0.4 is 5.73 Å². The van der Waals surface area contributed by atoms with Crippen LogP contribution in [0, 0.1) is 5.41 Å². The first-order valence-corrected chi connectivity index (χ1v) is 3.56. The zero-order valence-electron chi connectivity index (χ0n) is 7.59. The van der Waals surface area contributed by atoms with E-state index in [0.717, 1.165) is 11.3 Å². The average Bonchev–Trinajstić information content (AvgIpc) is 2.05. The molecular weight excluding hydrogens is 150 g/mol. The Morgan fingerprint density at radius 3 is 2.33 bits per heavy atom. The lowest BCUT2D eigenvalue weighted by Gasteiger charge is -2.20. The molecule has 0 atom stereocenters. The highest BCUT2D eigenvalue weighted by atomic mass is 15.2. The smallest absolute Gasteiger partial charge is 0.0954 e. The van der Waals surface area contributed by atoms with Gasteiger partial charge in [0.1, 0.15) is 0 Å². The van der Waals surface area contributed by atoms with E-state index in [1.165, 1.54) is 6.21 Å². The molecule has 3 heteroatoms. The number of likely N-dealkylation sites (N-methyl/N-ethyl adjacent to an activating group) is 1. The molecule has 0 fully saturated rings. The van der Waals surface area contributed by atoms with Gasteiger partial charge in [-0.2, -0.15) is 0 Å². The highest BCUT2D eigenvalue weighted by molar-refractivity contribution is 5.76. The van der Waals surface area contributed by atoms with Crippen molar-refractivity contribution in [3.8, 4) is 0 Å². The van der Waals surface area contributed by atoms with Gasteiger partial charge in [0, 0.05) is 19.0 Å². The largest absolute Gasteiger partial charge is 0.386 e. The summed E-state index contributed by atoms with van der Waals surface area (Å²) in [5.74, 6) is 0.436. The summed E-state index contributed by atoms with van der Waals surface area (Å²) >= 11 is 0. The van der Waals surface area contributed by atoms with Gasteiger partial charge in [0.2, 0.25) is 0 Å². The van der Waals surface area contributed by atoms with Gasteiger partial charge in [0.15, 0.2) is 0 Å². The summed E-state index contributed by atoms with van der Waals surface area (Å²) in [5.41, 5.74) is 7.09. The third-order valence-electron chi connectivity index (χ3n) is 1.61. The Morgan fingerprint density at radius 1 is 1.58 bits per heavy atom. The highest BCUT2D eigenvalue weighted by Crippen LogP contribution is 2.10. The Hall–Kier alpha value is -1.51. The molecule has 0 aromatic carbocycles. The van der Waals surface area contributed by atoms with Crippen molar-refractivity contribution in [2.75, 3.05) is 7.05 Å². The summed E-state index contributed by atoms with van der Waals surface area (Å²) in [5, 5.41) is 7.05. The molecule has 0 aromatic rings. The number of nitrogens with two attached hydrogens (primary N) is 1. The van der Waals surface area contributed by atoms with Crippen LogP contribution in [-0.4, -0.2) is 18.2 Å². The van der Waals surface area contributed by atoms with Gasteiger partial charge in [0.25, 0.3) is 0 Å². The van der Waals surface area contributed by atoms with Gasteiger partial charge in [-0.1, -0.05) is 13.2 Å². The molecule has 66 valence electrons. The predicted molar refractivity (Wildman–Crippen MR) is 52.8 cm³/mol. The summed E-state index contributed by atoms with van der Waals surface area (Å²) in [6.45, 7) is 9.04. The van der Waals surface area contributed by atoms with Crippen LogP contribution in [0.3, 0.4) is 0 Å². The van der Waals surface area contributed by atoms with Gasteiger partial charge >= 0.3 is 0 Å². The molecule has 0 amide bonds. The standard InChI is InChI=1S/C9H15N3/c1-5-9(7(2)6-10)12(4)8(3)11/h5-6,10H,1,3,11H2,2,4H3/b9-7+,10-6?. The molecular formula is C9H15N3. The van der Waals surface area contributed by atoms with Gasteiger partial charge < -0.3 is 16.0 Å². The van der Waals surface area contributed by atoms with E-state index in [1.807, 2.05) is 6.92 Å². The van der Waals surface area contributed by atoms with Crippen LogP contribution in [-0.2, 0) is 0 Å². The summed E-state index contributed by atoms with van der Waals surface area (Å²) in [6.07, 6.45) is 2.91. The van der Waals surface area contributed by atoms with E-state index in [4.69, 9.17) is 11.1 Å². The Labute approximate surface area is 73.4 Å². The zero-order chi connectivity index (χ0) is 9.72. The monoisotopic (exact) mass is 165 g/mol. The summed E-state index contributed by atoms with van der Waals surface area (Å²) in [7, 11) is 1.78. The third kappa shape index (κ3) is 2.27. The van der Waals surface area contributed by atoms with Gasteiger partial charge in [-0.05, 0) is 18.6 Å².